The molecule has 1 saturated heterocycles. The van der Waals surface area contributed by atoms with E-state index in [9.17, 15) is 14.4 Å². The summed E-state index contributed by atoms with van der Waals surface area (Å²) in [6.07, 6.45) is 1.47. The van der Waals surface area contributed by atoms with E-state index >= 15 is 0 Å². The fourth-order valence-corrected chi connectivity index (χ4v) is 3.76. The topological polar surface area (TPSA) is 66.9 Å². The summed E-state index contributed by atoms with van der Waals surface area (Å²) in [5.74, 6) is -0.579. The highest BCUT2D eigenvalue weighted by molar-refractivity contribution is 9.11. The van der Waals surface area contributed by atoms with Crippen LogP contribution in [-0.4, -0.2) is 41.7 Å². The maximum Gasteiger partial charge on any atom is 0.333 e. The van der Waals surface area contributed by atoms with E-state index in [0.717, 1.165) is 24.3 Å². The molecule has 2 aromatic carbocycles. The fourth-order valence-electron chi connectivity index (χ4n) is 2.60. The van der Waals surface area contributed by atoms with Crippen molar-refractivity contribution in [1.29, 1.82) is 0 Å². The molecule has 144 valence electrons. The summed E-state index contributed by atoms with van der Waals surface area (Å²) in [7, 11) is 2.69. The summed E-state index contributed by atoms with van der Waals surface area (Å²) in [6.45, 7) is 0.392. The van der Waals surface area contributed by atoms with E-state index in [0.29, 0.717) is 17.9 Å². The molecule has 28 heavy (non-hydrogen) atoms. The van der Waals surface area contributed by atoms with Gasteiger partial charge in [0.2, 0.25) is 0 Å². The number of carbonyl (C=O) groups is 3. The first kappa shape index (κ1) is 20.3. The third kappa shape index (κ3) is 4.18. The number of ether oxygens (including phenoxy) is 1. The molecule has 0 spiro atoms. The van der Waals surface area contributed by atoms with Crippen LogP contribution in [-0.2, 0) is 16.2 Å². The van der Waals surface area contributed by atoms with Gasteiger partial charge in [0.15, 0.2) is 0 Å². The lowest BCUT2D eigenvalue weighted by molar-refractivity contribution is -0.134. The number of hydrogen-bond donors (Lipinski definition) is 0. The molecule has 0 aromatic heterocycles. The van der Waals surface area contributed by atoms with E-state index in [-0.39, 0.29) is 5.57 Å². The number of carbonyl (C=O) groups excluding carboxylic acids is 3. The predicted octanol–water partition coefficient (Wildman–Crippen LogP) is 4.22. The molecule has 1 heterocycles. The van der Waals surface area contributed by atoms with E-state index in [4.69, 9.17) is 4.74 Å². The number of rotatable bonds is 4. The Morgan fingerprint density at radius 1 is 0.929 bits per heavy atom. The minimum Gasteiger partial charge on any atom is -0.489 e. The lowest BCUT2D eigenvalue weighted by atomic mass is 10.1. The molecule has 0 bridgehead atoms. The molecule has 3 rings (SSSR count). The Morgan fingerprint density at radius 3 is 2.11 bits per heavy atom. The summed E-state index contributed by atoms with van der Waals surface area (Å²) < 4.78 is 7.71. The van der Waals surface area contributed by atoms with Gasteiger partial charge in [0.05, 0.1) is 0 Å². The van der Waals surface area contributed by atoms with E-state index < -0.39 is 17.8 Å². The number of nitrogens with zero attached hydrogens (tertiary/aromatic N) is 2. The molecular formula is C20H16Br2N2O4. The third-order valence-corrected chi connectivity index (χ3v) is 5.48. The number of hydrogen-bond acceptors (Lipinski definition) is 4. The van der Waals surface area contributed by atoms with Crippen molar-refractivity contribution < 1.29 is 19.1 Å². The Labute approximate surface area is 179 Å². The van der Waals surface area contributed by atoms with Gasteiger partial charge in [-0.25, -0.2) is 4.79 Å². The Balaban J connectivity index is 1.73. The molecule has 8 heteroatoms. The standard InChI is InChI=1S/C20H16Br2N2O4/c1-23-18(25)16(19(26)24(2)20(23)27)9-12-3-7-15(8-4-12)28-11-13-5-6-14(21)10-17(13)22/h3-10H,11H2,1-2H3. The van der Waals surface area contributed by atoms with Gasteiger partial charge in [0.1, 0.15) is 17.9 Å². The summed E-state index contributed by atoms with van der Waals surface area (Å²) in [4.78, 5) is 38.1. The Bertz CT molecular complexity index is 960. The zero-order valence-electron chi connectivity index (χ0n) is 15.1. The van der Waals surface area contributed by atoms with Crippen molar-refractivity contribution in [2.24, 2.45) is 0 Å². The maximum atomic E-state index is 12.2. The quantitative estimate of drug-likeness (QED) is 0.459. The zero-order chi connectivity index (χ0) is 20.4. The van der Waals surface area contributed by atoms with Crippen molar-refractivity contribution in [2.75, 3.05) is 14.1 Å². The zero-order valence-corrected chi connectivity index (χ0v) is 18.3. The number of benzene rings is 2. The lowest BCUT2D eigenvalue weighted by Gasteiger charge is -2.28. The predicted molar refractivity (Wildman–Crippen MR) is 112 cm³/mol. The largest absolute Gasteiger partial charge is 0.489 e. The molecule has 6 nitrogen and oxygen atoms in total. The second-order valence-corrected chi connectivity index (χ2v) is 7.93. The van der Waals surface area contributed by atoms with Crippen LogP contribution in [0.3, 0.4) is 0 Å². The van der Waals surface area contributed by atoms with E-state index in [1.807, 2.05) is 18.2 Å². The molecule has 1 aliphatic rings. The third-order valence-electron chi connectivity index (χ3n) is 4.24. The smallest absolute Gasteiger partial charge is 0.333 e. The van der Waals surface area contributed by atoms with Crippen LogP contribution in [0.1, 0.15) is 11.1 Å². The summed E-state index contributed by atoms with van der Waals surface area (Å²) in [5.41, 5.74) is 1.60. The van der Waals surface area contributed by atoms with Gasteiger partial charge in [0, 0.05) is 28.6 Å². The van der Waals surface area contributed by atoms with Crippen LogP contribution in [0.4, 0.5) is 4.79 Å². The van der Waals surface area contributed by atoms with Crippen LogP contribution >= 0.6 is 31.9 Å². The average molecular weight is 508 g/mol. The van der Waals surface area contributed by atoms with Crippen LogP contribution in [0, 0.1) is 0 Å². The van der Waals surface area contributed by atoms with E-state index in [2.05, 4.69) is 31.9 Å². The summed E-state index contributed by atoms with van der Waals surface area (Å²) >= 11 is 6.91. The van der Waals surface area contributed by atoms with Crippen molar-refractivity contribution in [3.8, 4) is 5.75 Å². The molecule has 1 fully saturated rings. The molecular weight excluding hydrogens is 492 g/mol. The molecule has 0 unspecified atom stereocenters. The Kier molecular flexibility index (Phi) is 6.00. The average Bonchev–Trinajstić information content (AvgIpc) is 2.68. The van der Waals surface area contributed by atoms with Gasteiger partial charge in [-0.2, -0.15) is 0 Å². The maximum absolute atomic E-state index is 12.2. The molecule has 0 radical (unpaired) electrons. The highest BCUT2D eigenvalue weighted by Crippen LogP contribution is 2.24. The van der Waals surface area contributed by atoms with Crippen LogP contribution in [0.2, 0.25) is 0 Å². The van der Waals surface area contributed by atoms with Gasteiger partial charge in [-0.1, -0.05) is 50.1 Å². The number of amides is 4. The van der Waals surface area contributed by atoms with Crippen LogP contribution in [0.25, 0.3) is 6.08 Å². The minimum atomic E-state index is -0.644. The highest BCUT2D eigenvalue weighted by Gasteiger charge is 2.37. The van der Waals surface area contributed by atoms with Crippen LogP contribution in [0.5, 0.6) is 5.75 Å². The van der Waals surface area contributed by atoms with Gasteiger partial charge >= 0.3 is 6.03 Å². The molecule has 1 aliphatic heterocycles. The van der Waals surface area contributed by atoms with Crippen molar-refractivity contribution in [3.63, 3.8) is 0 Å². The van der Waals surface area contributed by atoms with E-state index in [1.54, 1.807) is 24.3 Å². The molecule has 0 atom stereocenters. The van der Waals surface area contributed by atoms with E-state index in [1.165, 1.54) is 20.2 Å². The van der Waals surface area contributed by atoms with Crippen molar-refractivity contribution in [3.05, 3.63) is 68.1 Å². The first-order valence-electron chi connectivity index (χ1n) is 8.26. The van der Waals surface area contributed by atoms with Crippen molar-refractivity contribution in [2.45, 2.75) is 6.61 Å². The Morgan fingerprint density at radius 2 is 1.54 bits per heavy atom. The minimum absolute atomic E-state index is 0.0583. The SMILES string of the molecule is CN1C(=O)C(=Cc2ccc(OCc3ccc(Br)cc3Br)cc2)C(=O)N(C)C1=O. The van der Waals surface area contributed by atoms with Gasteiger partial charge < -0.3 is 4.74 Å². The van der Waals surface area contributed by atoms with Crippen LogP contribution in [0.15, 0.2) is 57.0 Å². The van der Waals surface area contributed by atoms with Gasteiger partial charge in [-0.15, -0.1) is 0 Å². The van der Waals surface area contributed by atoms with Gasteiger partial charge in [0.25, 0.3) is 11.8 Å². The number of halogens is 2. The van der Waals surface area contributed by atoms with Crippen molar-refractivity contribution >= 4 is 55.8 Å². The number of likely N-dealkylation sites (N-methyl/N-ethyl adjacent to an activating group) is 2. The summed E-state index contributed by atoms with van der Waals surface area (Å²) in [6, 6.07) is 12.2. The van der Waals surface area contributed by atoms with Gasteiger partial charge in [-0.05, 0) is 35.9 Å². The normalized spacial score (nSPS) is 14.6. The molecule has 0 aliphatic carbocycles. The first-order valence-corrected chi connectivity index (χ1v) is 9.85. The fraction of sp³-hybridized carbons (Fsp3) is 0.150. The monoisotopic (exact) mass is 506 g/mol. The molecule has 4 amide bonds. The molecule has 0 N–H and O–H groups in total. The molecule has 2 aromatic rings. The molecule has 0 saturated carbocycles. The van der Waals surface area contributed by atoms with Gasteiger partial charge in [-0.3, -0.25) is 19.4 Å². The number of barbiturate groups is 1. The second kappa shape index (κ2) is 8.28. The first-order chi connectivity index (χ1) is 13.3. The number of urea groups is 1. The Hall–Kier alpha value is -2.45. The van der Waals surface area contributed by atoms with Crippen molar-refractivity contribution in [1.82, 2.24) is 9.80 Å². The highest BCUT2D eigenvalue weighted by atomic mass is 79.9. The number of imide groups is 2. The van der Waals surface area contributed by atoms with Crippen LogP contribution < -0.4 is 4.74 Å². The summed E-state index contributed by atoms with van der Waals surface area (Å²) in [5, 5.41) is 0. The second-order valence-electron chi connectivity index (χ2n) is 6.16. The lowest BCUT2D eigenvalue weighted by Crippen LogP contribution is -2.52.